The van der Waals surface area contributed by atoms with Gasteiger partial charge >= 0.3 is 0 Å². The molecule has 1 atom stereocenters. The molecule has 0 radical (unpaired) electrons. The van der Waals surface area contributed by atoms with Gasteiger partial charge in [-0.1, -0.05) is 0 Å². The van der Waals surface area contributed by atoms with Gasteiger partial charge in [0.1, 0.15) is 0 Å². The molecule has 62 valence electrons. The van der Waals surface area contributed by atoms with E-state index in [0.717, 1.165) is 5.56 Å². The molecule has 1 aromatic rings. The Morgan fingerprint density at radius 1 is 1.55 bits per heavy atom. The van der Waals surface area contributed by atoms with Crippen LogP contribution in [0.1, 0.15) is 25.5 Å². The van der Waals surface area contributed by atoms with Crippen LogP contribution in [-0.4, -0.2) is 10.5 Å². The molecule has 0 saturated carbocycles. The molecule has 0 aliphatic rings. The van der Waals surface area contributed by atoms with Gasteiger partial charge in [-0.2, -0.15) is 0 Å². The summed E-state index contributed by atoms with van der Waals surface area (Å²) in [6.07, 6.45) is 3.72. The van der Waals surface area contributed by atoms with Crippen LogP contribution in [0.3, 0.4) is 0 Å². The van der Waals surface area contributed by atoms with Crippen LogP contribution in [0.25, 0.3) is 0 Å². The second-order valence-corrected chi connectivity index (χ2v) is 3.44. The molecule has 3 nitrogen and oxygen atoms in total. The van der Waals surface area contributed by atoms with Gasteiger partial charge in [-0.25, -0.2) is 0 Å². The molecular formula is C8H15N3. The third kappa shape index (κ3) is 1.82. The zero-order chi connectivity index (χ0) is 8.48. The zero-order valence-corrected chi connectivity index (χ0v) is 6.96. The van der Waals surface area contributed by atoms with Gasteiger partial charge in [-0.05, 0) is 25.5 Å². The molecule has 1 heterocycles. The van der Waals surface area contributed by atoms with Gasteiger partial charge in [-0.3, -0.25) is 0 Å². The highest BCUT2D eigenvalue weighted by molar-refractivity contribution is 5.17. The number of aromatic nitrogens is 1. The van der Waals surface area contributed by atoms with Gasteiger partial charge in [0, 0.05) is 24.0 Å². The van der Waals surface area contributed by atoms with Crippen LogP contribution in [-0.2, 0) is 0 Å². The van der Waals surface area contributed by atoms with E-state index in [0.29, 0.717) is 0 Å². The summed E-state index contributed by atoms with van der Waals surface area (Å²) in [7, 11) is 0. The summed E-state index contributed by atoms with van der Waals surface area (Å²) in [5.74, 6) is 0. The van der Waals surface area contributed by atoms with Crippen molar-refractivity contribution in [1.82, 2.24) is 4.98 Å². The molecule has 1 aromatic heterocycles. The van der Waals surface area contributed by atoms with Crippen molar-refractivity contribution in [2.24, 2.45) is 11.5 Å². The first-order chi connectivity index (χ1) is 5.02. The quantitative estimate of drug-likeness (QED) is 0.587. The lowest BCUT2D eigenvalue weighted by atomic mass is 9.92. The van der Waals surface area contributed by atoms with Crippen LogP contribution in [0.15, 0.2) is 18.5 Å². The van der Waals surface area contributed by atoms with E-state index >= 15 is 0 Å². The number of rotatable bonds is 2. The first kappa shape index (κ1) is 8.30. The van der Waals surface area contributed by atoms with E-state index in [4.69, 9.17) is 11.5 Å². The summed E-state index contributed by atoms with van der Waals surface area (Å²) in [4.78, 5) is 2.95. The van der Waals surface area contributed by atoms with Gasteiger partial charge in [0.15, 0.2) is 0 Å². The number of hydrogen-bond donors (Lipinski definition) is 3. The average molecular weight is 153 g/mol. The molecular weight excluding hydrogens is 138 g/mol. The van der Waals surface area contributed by atoms with Crippen LogP contribution in [0.2, 0.25) is 0 Å². The first-order valence-electron chi connectivity index (χ1n) is 3.69. The van der Waals surface area contributed by atoms with Crippen molar-refractivity contribution in [3.8, 4) is 0 Å². The van der Waals surface area contributed by atoms with Crippen molar-refractivity contribution >= 4 is 0 Å². The maximum absolute atomic E-state index is 5.87. The zero-order valence-electron chi connectivity index (χ0n) is 6.96. The van der Waals surface area contributed by atoms with E-state index < -0.39 is 0 Å². The molecule has 0 bridgehead atoms. The van der Waals surface area contributed by atoms with Gasteiger partial charge in [-0.15, -0.1) is 0 Å². The second kappa shape index (κ2) is 2.68. The normalized spacial score (nSPS) is 14.9. The molecule has 11 heavy (non-hydrogen) atoms. The second-order valence-electron chi connectivity index (χ2n) is 3.44. The third-order valence-corrected chi connectivity index (χ3v) is 1.78. The smallest absolute Gasteiger partial charge is 0.0487 e. The van der Waals surface area contributed by atoms with E-state index in [9.17, 15) is 0 Å². The Morgan fingerprint density at radius 3 is 2.55 bits per heavy atom. The monoisotopic (exact) mass is 153 g/mol. The fourth-order valence-corrected chi connectivity index (χ4v) is 0.960. The Labute approximate surface area is 66.8 Å². The minimum atomic E-state index is -0.359. The van der Waals surface area contributed by atoms with Gasteiger partial charge < -0.3 is 16.5 Å². The van der Waals surface area contributed by atoms with Crippen molar-refractivity contribution in [2.45, 2.75) is 25.4 Å². The number of hydrogen-bond acceptors (Lipinski definition) is 2. The highest BCUT2D eigenvalue weighted by Gasteiger charge is 2.22. The Bertz CT molecular complexity index is 208. The van der Waals surface area contributed by atoms with E-state index in [2.05, 4.69) is 4.98 Å². The lowest BCUT2D eigenvalue weighted by Crippen LogP contribution is -2.43. The molecule has 0 aromatic carbocycles. The van der Waals surface area contributed by atoms with Crippen molar-refractivity contribution < 1.29 is 0 Å². The molecule has 0 aliphatic heterocycles. The Kier molecular flexibility index (Phi) is 2.02. The number of nitrogens with one attached hydrogen (secondary N) is 1. The summed E-state index contributed by atoms with van der Waals surface area (Å²) >= 11 is 0. The molecule has 0 aliphatic carbocycles. The summed E-state index contributed by atoms with van der Waals surface area (Å²) in [5, 5.41) is 0. The highest BCUT2D eigenvalue weighted by Crippen LogP contribution is 2.19. The van der Waals surface area contributed by atoms with Gasteiger partial charge in [0.25, 0.3) is 0 Å². The third-order valence-electron chi connectivity index (χ3n) is 1.78. The maximum Gasteiger partial charge on any atom is 0.0487 e. The minimum absolute atomic E-state index is 0.103. The summed E-state index contributed by atoms with van der Waals surface area (Å²) in [5.41, 5.74) is 12.4. The lowest BCUT2D eigenvalue weighted by molar-refractivity contribution is 0.420. The molecule has 0 saturated heterocycles. The Balaban J connectivity index is 2.78. The molecule has 1 rings (SSSR count). The average Bonchev–Trinajstić information content (AvgIpc) is 2.34. The van der Waals surface area contributed by atoms with Crippen LogP contribution in [0.4, 0.5) is 0 Å². The topological polar surface area (TPSA) is 67.8 Å². The van der Waals surface area contributed by atoms with Crippen LogP contribution >= 0.6 is 0 Å². The van der Waals surface area contributed by atoms with E-state index in [1.807, 2.05) is 32.3 Å². The first-order valence-corrected chi connectivity index (χ1v) is 3.69. The van der Waals surface area contributed by atoms with E-state index in [-0.39, 0.29) is 11.6 Å². The van der Waals surface area contributed by atoms with Gasteiger partial charge in [0.2, 0.25) is 0 Å². The van der Waals surface area contributed by atoms with Gasteiger partial charge in [0.05, 0.1) is 0 Å². The predicted molar refractivity (Wildman–Crippen MR) is 46.0 cm³/mol. The summed E-state index contributed by atoms with van der Waals surface area (Å²) < 4.78 is 0. The maximum atomic E-state index is 5.87. The van der Waals surface area contributed by atoms with Crippen molar-refractivity contribution in [2.75, 3.05) is 0 Å². The Morgan fingerprint density at radius 2 is 2.18 bits per heavy atom. The predicted octanol–water partition coefficient (Wildman–Crippen LogP) is 0.752. The minimum Gasteiger partial charge on any atom is -0.367 e. The molecule has 5 N–H and O–H groups in total. The van der Waals surface area contributed by atoms with Crippen LogP contribution < -0.4 is 11.5 Å². The SMILES string of the molecule is CC(C)(N)C(N)c1cc[nH]c1. The molecule has 1 unspecified atom stereocenters. The van der Waals surface area contributed by atoms with Crippen molar-refractivity contribution in [3.63, 3.8) is 0 Å². The lowest BCUT2D eigenvalue weighted by Gasteiger charge is -2.26. The standard InChI is InChI=1S/C8H15N3/c1-8(2,10)7(9)6-3-4-11-5-6/h3-5,7,11H,9-10H2,1-2H3. The van der Waals surface area contributed by atoms with Crippen LogP contribution in [0.5, 0.6) is 0 Å². The molecule has 0 spiro atoms. The summed E-state index contributed by atoms with van der Waals surface area (Å²) in [6.45, 7) is 3.84. The van der Waals surface area contributed by atoms with Crippen LogP contribution in [0, 0.1) is 0 Å². The number of aromatic amines is 1. The fourth-order valence-electron chi connectivity index (χ4n) is 0.960. The molecule has 0 fully saturated rings. The number of H-pyrrole nitrogens is 1. The fraction of sp³-hybridized carbons (Fsp3) is 0.500. The highest BCUT2D eigenvalue weighted by atomic mass is 14.8. The summed E-state index contributed by atoms with van der Waals surface area (Å²) in [6, 6.07) is 1.84. The van der Waals surface area contributed by atoms with Crippen molar-refractivity contribution in [3.05, 3.63) is 24.0 Å². The Hall–Kier alpha value is -0.800. The van der Waals surface area contributed by atoms with E-state index in [1.54, 1.807) is 0 Å². The van der Waals surface area contributed by atoms with E-state index in [1.165, 1.54) is 0 Å². The molecule has 0 amide bonds. The van der Waals surface area contributed by atoms with Crippen molar-refractivity contribution in [1.29, 1.82) is 0 Å². The number of nitrogens with two attached hydrogens (primary N) is 2. The molecule has 3 heteroatoms. The largest absolute Gasteiger partial charge is 0.367 e.